The summed E-state index contributed by atoms with van der Waals surface area (Å²) in [6, 6.07) is 8.25. The molecule has 1 aliphatic heterocycles. The number of aromatic nitrogens is 4. The lowest BCUT2D eigenvalue weighted by Gasteiger charge is -2.27. The van der Waals surface area contributed by atoms with Crippen molar-refractivity contribution in [2.45, 2.75) is 32.1 Å². The third-order valence-corrected chi connectivity index (χ3v) is 4.80. The minimum absolute atomic E-state index is 0.0122. The van der Waals surface area contributed by atoms with Gasteiger partial charge in [-0.25, -0.2) is 4.39 Å². The molecule has 0 radical (unpaired) electrons. The molecule has 0 aliphatic carbocycles. The fourth-order valence-electron chi connectivity index (χ4n) is 3.49. The van der Waals surface area contributed by atoms with Crippen molar-refractivity contribution < 1.29 is 9.13 Å². The van der Waals surface area contributed by atoms with E-state index in [9.17, 15) is 9.65 Å². The van der Waals surface area contributed by atoms with Gasteiger partial charge in [-0.05, 0) is 24.3 Å². The molecule has 142 valence electrons. The van der Waals surface area contributed by atoms with Crippen LogP contribution < -0.4 is 10.5 Å². The van der Waals surface area contributed by atoms with E-state index in [1.54, 1.807) is 18.3 Å². The van der Waals surface area contributed by atoms with Crippen molar-refractivity contribution in [2.75, 3.05) is 0 Å². The van der Waals surface area contributed by atoms with Gasteiger partial charge in [-0.1, -0.05) is 20.8 Å². The molecule has 0 saturated carbocycles. The highest BCUT2D eigenvalue weighted by molar-refractivity contribution is 5.68. The molecule has 28 heavy (non-hydrogen) atoms. The molecule has 0 unspecified atom stereocenters. The van der Waals surface area contributed by atoms with E-state index >= 15 is 0 Å². The summed E-state index contributed by atoms with van der Waals surface area (Å²) in [5, 5.41) is 24.2. The zero-order chi connectivity index (χ0) is 20.1. The summed E-state index contributed by atoms with van der Waals surface area (Å²) in [5.74, 6) is -0.485. The number of hydrogen-bond acceptors (Lipinski definition) is 5. The molecule has 0 saturated heterocycles. The molecular formula is C20H19FN6O. The number of nitrogens with one attached hydrogen (secondary N) is 2. The normalized spacial score (nSPS) is 16.5. The topological polar surface area (TPSA) is 116 Å². The Kier molecular flexibility index (Phi) is 3.96. The Labute approximate surface area is 161 Å². The van der Waals surface area contributed by atoms with E-state index in [0.29, 0.717) is 11.6 Å². The van der Waals surface area contributed by atoms with Gasteiger partial charge in [-0.2, -0.15) is 10.4 Å². The Morgan fingerprint density at radius 1 is 1.21 bits per heavy atom. The van der Waals surface area contributed by atoms with Crippen LogP contribution in [-0.2, 0) is 5.41 Å². The largest absolute Gasteiger partial charge is 0.420 e. The molecule has 4 rings (SSSR count). The summed E-state index contributed by atoms with van der Waals surface area (Å²) in [6.07, 6.45) is 1.66. The number of benzene rings is 1. The zero-order valence-electron chi connectivity index (χ0n) is 15.7. The van der Waals surface area contributed by atoms with Gasteiger partial charge in [-0.15, -0.1) is 5.10 Å². The van der Waals surface area contributed by atoms with Crippen molar-refractivity contribution in [3.05, 3.63) is 64.6 Å². The average Bonchev–Trinajstić information content (AvgIpc) is 3.27. The number of hydrogen-bond donors (Lipinski definition) is 3. The van der Waals surface area contributed by atoms with Crippen molar-refractivity contribution in [2.24, 2.45) is 5.73 Å². The summed E-state index contributed by atoms with van der Waals surface area (Å²) in [4.78, 5) is 0. The summed E-state index contributed by atoms with van der Waals surface area (Å²) < 4.78 is 19.0. The minimum Gasteiger partial charge on any atom is -0.420 e. The van der Waals surface area contributed by atoms with Crippen molar-refractivity contribution in [1.82, 2.24) is 20.4 Å². The predicted molar refractivity (Wildman–Crippen MR) is 101 cm³/mol. The molecule has 4 N–H and O–H groups in total. The van der Waals surface area contributed by atoms with Crippen LogP contribution in [0.3, 0.4) is 0 Å². The van der Waals surface area contributed by atoms with E-state index < -0.39 is 5.92 Å². The van der Waals surface area contributed by atoms with E-state index in [-0.39, 0.29) is 22.7 Å². The Balaban J connectivity index is 1.96. The van der Waals surface area contributed by atoms with Gasteiger partial charge in [0.1, 0.15) is 17.5 Å². The molecule has 3 aromatic rings. The third kappa shape index (κ3) is 2.72. The SMILES string of the molecule is CC(C)(C)c1[nH]nc2c1[C@H](c1cn[nH]c1-c1ccc(F)cc1)C(C#N)=C(N)O2. The Bertz CT molecular complexity index is 1110. The Morgan fingerprint density at radius 2 is 1.93 bits per heavy atom. The first-order chi connectivity index (χ1) is 13.3. The van der Waals surface area contributed by atoms with Gasteiger partial charge < -0.3 is 10.5 Å². The molecule has 2 aromatic heterocycles. The lowest BCUT2D eigenvalue weighted by Crippen LogP contribution is -2.24. The molecule has 8 heteroatoms. The van der Waals surface area contributed by atoms with E-state index in [2.05, 4.69) is 26.5 Å². The van der Waals surface area contributed by atoms with Crippen molar-refractivity contribution in [1.29, 1.82) is 5.26 Å². The van der Waals surface area contributed by atoms with Crippen LogP contribution in [0.25, 0.3) is 11.3 Å². The molecule has 7 nitrogen and oxygen atoms in total. The fourth-order valence-corrected chi connectivity index (χ4v) is 3.49. The highest BCUT2D eigenvalue weighted by Crippen LogP contribution is 2.47. The first-order valence-electron chi connectivity index (χ1n) is 8.76. The Hall–Kier alpha value is -3.60. The smallest absolute Gasteiger partial charge is 0.244 e. The fraction of sp³-hybridized carbons (Fsp3) is 0.250. The van der Waals surface area contributed by atoms with Crippen LogP contribution in [0.15, 0.2) is 41.9 Å². The van der Waals surface area contributed by atoms with Gasteiger partial charge in [-0.3, -0.25) is 10.2 Å². The van der Waals surface area contributed by atoms with Crippen LogP contribution in [0.5, 0.6) is 5.88 Å². The van der Waals surface area contributed by atoms with Crippen LogP contribution in [0.2, 0.25) is 0 Å². The molecule has 0 amide bonds. The van der Waals surface area contributed by atoms with E-state index in [1.165, 1.54) is 12.1 Å². The summed E-state index contributed by atoms with van der Waals surface area (Å²) >= 11 is 0. The number of fused-ring (bicyclic) bond motifs is 1. The number of aromatic amines is 2. The van der Waals surface area contributed by atoms with Gasteiger partial charge in [0, 0.05) is 22.2 Å². The molecule has 1 aliphatic rings. The zero-order valence-corrected chi connectivity index (χ0v) is 15.7. The van der Waals surface area contributed by atoms with E-state index in [0.717, 1.165) is 22.4 Å². The average molecular weight is 378 g/mol. The molecule has 1 aromatic carbocycles. The number of H-pyrrole nitrogens is 2. The molecule has 0 bridgehead atoms. The van der Waals surface area contributed by atoms with Crippen LogP contribution in [0, 0.1) is 17.1 Å². The summed E-state index contributed by atoms with van der Waals surface area (Å²) in [5.41, 5.74) is 9.81. The maximum Gasteiger partial charge on any atom is 0.244 e. The van der Waals surface area contributed by atoms with Crippen LogP contribution >= 0.6 is 0 Å². The second kappa shape index (κ2) is 6.23. The monoisotopic (exact) mass is 378 g/mol. The molecule has 0 fully saturated rings. The second-order valence-corrected chi connectivity index (χ2v) is 7.70. The lowest BCUT2D eigenvalue weighted by atomic mass is 9.78. The van der Waals surface area contributed by atoms with Crippen LogP contribution in [-0.4, -0.2) is 20.4 Å². The number of halogens is 1. The second-order valence-electron chi connectivity index (χ2n) is 7.70. The summed E-state index contributed by atoms with van der Waals surface area (Å²) in [7, 11) is 0. The summed E-state index contributed by atoms with van der Waals surface area (Å²) in [6.45, 7) is 6.13. The number of nitrogens with two attached hydrogens (primary N) is 1. The van der Waals surface area contributed by atoms with Gasteiger partial charge in [0.2, 0.25) is 11.8 Å². The number of rotatable bonds is 2. The number of nitriles is 1. The Morgan fingerprint density at radius 3 is 2.57 bits per heavy atom. The molecular weight excluding hydrogens is 359 g/mol. The highest BCUT2D eigenvalue weighted by atomic mass is 19.1. The van der Waals surface area contributed by atoms with Gasteiger partial charge in [0.25, 0.3) is 0 Å². The standard InChI is InChI=1S/C20H19FN6O/c1-20(2,3)17-15-14(12(8-22)18(23)28-19(15)27-26-17)13-9-24-25-16(13)10-4-6-11(21)7-5-10/h4-7,9,14H,23H2,1-3H3,(H,24,25)(H,26,27)/t14-/m0/s1. The number of allylic oxidation sites excluding steroid dienone is 1. The maximum absolute atomic E-state index is 13.4. The quantitative estimate of drug-likeness (QED) is 0.631. The predicted octanol–water partition coefficient (Wildman–Crippen LogP) is 3.45. The first kappa shape index (κ1) is 17.8. The van der Waals surface area contributed by atoms with Crippen molar-refractivity contribution >= 4 is 0 Å². The first-order valence-corrected chi connectivity index (χ1v) is 8.76. The van der Waals surface area contributed by atoms with Crippen LogP contribution in [0.1, 0.15) is 43.5 Å². The third-order valence-electron chi connectivity index (χ3n) is 4.80. The van der Waals surface area contributed by atoms with E-state index in [4.69, 9.17) is 10.5 Å². The van der Waals surface area contributed by atoms with Crippen molar-refractivity contribution in [3.63, 3.8) is 0 Å². The molecule has 0 spiro atoms. The number of nitrogens with zero attached hydrogens (tertiary/aromatic N) is 3. The minimum atomic E-state index is -0.513. The lowest BCUT2D eigenvalue weighted by molar-refractivity contribution is 0.378. The van der Waals surface area contributed by atoms with Gasteiger partial charge in [0.15, 0.2) is 0 Å². The molecule has 3 heterocycles. The maximum atomic E-state index is 13.4. The molecule has 1 atom stereocenters. The van der Waals surface area contributed by atoms with Gasteiger partial charge >= 0.3 is 0 Å². The number of ether oxygens (including phenoxy) is 1. The van der Waals surface area contributed by atoms with Crippen molar-refractivity contribution in [3.8, 4) is 23.2 Å². The van der Waals surface area contributed by atoms with E-state index in [1.807, 2.05) is 20.8 Å². The van der Waals surface area contributed by atoms with Gasteiger partial charge in [0.05, 0.1) is 23.4 Å². The van der Waals surface area contributed by atoms with Crippen LogP contribution in [0.4, 0.5) is 4.39 Å². The highest BCUT2D eigenvalue weighted by Gasteiger charge is 2.39.